The molecule has 0 aromatic heterocycles. The maximum Gasteiger partial charge on any atom is 0.573 e. The Hall–Kier alpha value is -1.77. The Labute approximate surface area is 107 Å². The fourth-order valence-corrected chi connectivity index (χ4v) is 1.65. The van der Waals surface area contributed by atoms with Crippen LogP contribution in [0.5, 0.6) is 5.75 Å². The summed E-state index contributed by atoms with van der Waals surface area (Å²) in [6, 6.07) is 1.78. The summed E-state index contributed by atoms with van der Waals surface area (Å²) in [6.45, 7) is 0. The Kier molecular flexibility index (Phi) is 4.17. The van der Waals surface area contributed by atoms with E-state index in [4.69, 9.17) is 5.11 Å². The minimum atomic E-state index is -4.97. The molecule has 0 heterocycles. The number of carboxylic acid groups (broad SMARTS) is 1. The van der Waals surface area contributed by atoms with Crippen molar-refractivity contribution in [1.29, 1.82) is 0 Å². The number of amides is 1. The van der Waals surface area contributed by atoms with E-state index in [-0.39, 0.29) is 16.4 Å². The molecule has 0 bridgehead atoms. The van der Waals surface area contributed by atoms with Gasteiger partial charge in [-0.3, -0.25) is 4.79 Å². The van der Waals surface area contributed by atoms with Gasteiger partial charge in [0.2, 0.25) is 6.41 Å². The molecule has 1 amide bonds. The Bertz CT molecular complexity index is 489. The monoisotopic (exact) mass is 327 g/mol. The third-order valence-electron chi connectivity index (χ3n) is 1.72. The van der Waals surface area contributed by atoms with Gasteiger partial charge in [0.15, 0.2) is 5.75 Å². The number of nitrogens with one attached hydrogen (secondary N) is 1. The number of rotatable bonds is 4. The molecule has 0 aliphatic heterocycles. The molecule has 18 heavy (non-hydrogen) atoms. The van der Waals surface area contributed by atoms with Gasteiger partial charge in [-0.2, -0.15) is 0 Å². The summed E-state index contributed by atoms with van der Waals surface area (Å²) in [5.41, 5.74) is -0.713. The summed E-state index contributed by atoms with van der Waals surface area (Å²) in [5.74, 6) is -2.08. The smallest absolute Gasteiger partial charge is 0.478 e. The Morgan fingerprint density at radius 2 is 2.06 bits per heavy atom. The van der Waals surface area contributed by atoms with Crippen LogP contribution in [0.4, 0.5) is 18.9 Å². The van der Waals surface area contributed by atoms with Crippen LogP contribution in [0.25, 0.3) is 0 Å². The van der Waals surface area contributed by atoms with Crippen molar-refractivity contribution < 1.29 is 32.6 Å². The van der Waals surface area contributed by atoms with Crippen LogP contribution in [-0.2, 0) is 4.79 Å². The van der Waals surface area contributed by atoms with Gasteiger partial charge in [-0.15, -0.1) is 13.2 Å². The van der Waals surface area contributed by atoms with E-state index in [1.54, 1.807) is 0 Å². The zero-order valence-electron chi connectivity index (χ0n) is 8.42. The number of aromatic carboxylic acids is 1. The van der Waals surface area contributed by atoms with Gasteiger partial charge in [-0.25, -0.2) is 4.79 Å². The first-order valence-electron chi connectivity index (χ1n) is 4.27. The molecule has 0 saturated carbocycles. The van der Waals surface area contributed by atoms with Crippen LogP contribution < -0.4 is 10.1 Å². The lowest BCUT2D eigenvalue weighted by molar-refractivity contribution is -0.274. The average molecular weight is 328 g/mol. The van der Waals surface area contributed by atoms with Crippen molar-refractivity contribution in [2.24, 2.45) is 0 Å². The zero-order valence-corrected chi connectivity index (χ0v) is 10.0. The summed E-state index contributed by atoms with van der Waals surface area (Å²) >= 11 is 2.74. The minimum absolute atomic E-state index is 0.108. The van der Waals surface area contributed by atoms with E-state index < -0.39 is 23.8 Å². The van der Waals surface area contributed by atoms with Crippen LogP contribution in [0.1, 0.15) is 10.4 Å². The molecule has 0 fully saturated rings. The lowest BCUT2D eigenvalue weighted by Crippen LogP contribution is -2.19. The molecule has 1 aromatic rings. The van der Waals surface area contributed by atoms with E-state index in [1.807, 2.05) is 5.32 Å². The minimum Gasteiger partial charge on any atom is -0.478 e. The molecule has 0 aliphatic rings. The third kappa shape index (κ3) is 3.62. The van der Waals surface area contributed by atoms with Gasteiger partial charge >= 0.3 is 12.3 Å². The van der Waals surface area contributed by atoms with Crippen molar-refractivity contribution in [2.75, 3.05) is 5.32 Å². The van der Waals surface area contributed by atoms with Crippen LogP contribution in [0.15, 0.2) is 16.6 Å². The summed E-state index contributed by atoms with van der Waals surface area (Å²) < 4.78 is 39.8. The van der Waals surface area contributed by atoms with Crippen molar-refractivity contribution >= 4 is 34.0 Å². The standard InChI is InChI=1S/C9H5BrF3NO4/c10-5-1-4(8(16)17)2-6(14-3-15)7(5)18-9(11,12)13/h1-3H,(H,14,15)(H,16,17). The maximum atomic E-state index is 12.1. The van der Waals surface area contributed by atoms with Gasteiger partial charge in [0.05, 0.1) is 15.7 Å². The largest absolute Gasteiger partial charge is 0.573 e. The third-order valence-corrected chi connectivity index (χ3v) is 2.31. The first-order chi connectivity index (χ1) is 8.24. The van der Waals surface area contributed by atoms with Gasteiger partial charge in [0, 0.05) is 0 Å². The number of alkyl halides is 3. The first-order valence-corrected chi connectivity index (χ1v) is 5.06. The van der Waals surface area contributed by atoms with E-state index in [2.05, 4.69) is 20.7 Å². The van der Waals surface area contributed by atoms with Gasteiger partial charge < -0.3 is 15.2 Å². The number of ether oxygens (including phenoxy) is 1. The first kappa shape index (κ1) is 14.3. The summed E-state index contributed by atoms with van der Waals surface area (Å²) in [5, 5.41) is 10.7. The molecule has 9 heteroatoms. The van der Waals surface area contributed by atoms with Gasteiger partial charge in [-0.05, 0) is 28.1 Å². The van der Waals surface area contributed by atoms with Crippen molar-refractivity contribution in [3.05, 3.63) is 22.2 Å². The predicted molar refractivity (Wildman–Crippen MR) is 57.5 cm³/mol. The molecule has 0 saturated heterocycles. The van der Waals surface area contributed by atoms with Crippen molar-refractivity contribution in [2.45, 2.75) is 6.36 Å². The van der Waals surface area contributed by atoms with Crippen LogP contribution in [-0.4, -0.2) is 23.8 Å². The number of halogens is 4. The highest BCUT2D eigenvalue weighted by molar-refractivity contribution is 9.10. The molecule has 0 aliphatic carbocycles. The molecular formula is C9H5BrF3NO4. The summed E-state index contributed by atoms with van der Waals surface area (Å²) in [6.07, 6.45) is -4.86. The molecule has 1 rings (SSSR count). The quantitative estimate of drug-likeness (QED) is 0.833. The molecule has 0 spiro atoms. The second-order valence-corrected chi connectivity index (χ2v) is 3.80. The second-order valence-electron chi connectivity index (χ2n) is 2.95. The van der Waals surface area contributed by atoms with E-state index in [1.165, 1.54) is 0 Å². The van der Waals surface area contributed by atoms with Gasteiger partial charge in [0.25, 0.3) is 0 Å². The number of carboxylic acids is 1. The van der Waals surface area contributed by atoms with E-state index >= 15 is 0 Å². The fraction of sp³-hybridized carbons (Fsp3) is 0.111. The number of anilines is 1. The highest BCUT2D eigenvalue weighted by atomic mass is 79.9. The van der Waals surface area contributed by atoms with Crippen molar-refractivity contribution in [1.82, 2.24) is 0 Å². The zero-order chi connectivity index (χ0) is 13.9. The molecule has 0 unspecified atom stereocenters. The average Bonchev–Trinajstić information content (AvgIpc) is 2.21. The molecular weight excluding hydrogens is 323 g/mol. The molecule has 2 N–H and O–H groups in total. The SMILES string of the molecule is O=CNc1cc(C(=O)O)cc(Br)c1OC(F)(F)F. The highest BCUT2D eigenvalue weighted by Gasteiger charge is 2.33. The van der Waals surface area contributed by atoms with Crippen molar-refractivity contribution in [3.8, 4) is 5.75 Å². The maximum absolute atomic E-state index is 12.1. The normalized spacial score (nSPS) is 10.9. The van der Waals surface area contributed by atoms with E-state index in [0.29, 0.717) is 0 Å². The second kappa shape index (κ2) is 5.25. The Morgan fingerprint density at radius 1 is 1.44 bits per heavy atom. The van der Waals surface area contributed by atoms with Crippen LogP contribution >= 0.6 is 15.9 Å². The number of carbonyl (C=O) groups is 2. The molecule has 0 atom stereocenters. The number of hydrogen-bond donors (Lipinski definition) is 2. The van der Waals surface area contributed by atoms with Crippen LogP contribution in [0.2, 0.25) is 0 Å². The summed E-state index contributed by atoms with van der Waals surface area (Å²) in [4.78, 5) is 21.0. The molecule has 0 radical (unpaired) electrons. The highest BCUT2D eigenvalue weighted by Crippen LogP contribution is 2.38. The lowest BCUT2D eigenvalue weighted by atomic mass is 10.2. The van der Waals surface area contributed by atoms with Crippen molar-refractivity contribution in [3.63, 3.8) is 0 Å². The number of benzene rings is 1. The van der Waals surface area contributed by atoms with Crippen LogP contribution in [0, 0.1) is 0 Å². The van der Waals surface area contributed by atoms with Crippen LogP contribution in [0.3, 0.4) is 0 Å². The number of carbonyl (C=O) groups excluding carboxylic acids is 1. The predicted octanol–water partition coefficient (Wildman–Crippen LogP) is 2.61. The summed E-state index contributed by atoms with van der Waals surface area (Å²) in [7, 11) is 0. The van der Waals surface area contributed by atoms with Gasteiger partial charge in [-0.1, -0.05) is 0 Å². The molecule has 98 valence electrons. The topological polar surface area (TPSA) is 75.6 Å². The fourth-order valence-electron chi connectivity index (χ4n) is 1.11. The Morgan fingerprint density at radius 3 is 2.50 bits per heavy atom. The Balaban J connectivity index is 3.31. The lowest BCUT2D eigenvalue weighted by Gasteiger charge is -2.14. The number of hydrogen-bond acceptors (Lipinski definition) is 3. The molecule has 1 aromatic carbocycles. The molecule has 5 nitrogen and oxygen atoms in total. The van der Waals surface area contributed by atoms with E-state index in [0.717, 1.165) is 12.1 Å². The van der Waals surface area contributed by atoms with E-state index in [9.17, 15) is 22.8 Å². The van der Waals surface area contributed by atoms with Gasteiger partial charge in [0.1, 0.15) is 0 Å².